The molecule has 15 heavy (non-hydrogen) atoms. The Morgan fingerprint density at radius 1 is 1.47 bits per heavy atom. The maximum Gasteiger partial charge on any atom is 0.240 e. The molecular weight excluding hydrogens is 260 g/mol. The van der Waals surface area contributed by atoms with Crippen LogP contribution in [0.1, 0.15) is 20.3 Å². The Morgan fingerprint density at radius 3 is 2.73 bits per heavy atom. The summed E-state index contributed by atoms with van der Waals surface area (Å²) < 4.78 is 7.79. The van der Waals surface area contributed by atoms with Gasteiger partial charge >= 0.3 is 0 Å². The minimum absolute atomic E-state index is 0.282. The molecule has 0 aliphatic carbocycles. The lowest BCUT2D eigenvalue weighted by Gasteiger charge is -2.06. The molecular formula is C9H17BrN4O. The highest BCUT2D eigenvalue weighted by Crippen LogP contribution is 2.07. The summed E-state index contributed by atoms with van der Waals surface area (Å²) in [5, 5.41) is 4.00. The van der Waals surface area contributed by atoms with E-state index in [1.54, 1.807) is 4.68 Å². The molecule has 0 fully saturated rings. The van der Waals surface area contributed by atoms with E-state index in [0.29, 0.717) is 23.8 Å². The Kier molecular flexibility index (Phi) is 5.04. The molecule has 0 bridgehead atoms. The van der Waals surface area contributed by atoms with E-state index in [9.17, 15) is 0 Å². The Balaban J connectivity index is 2.17. The van der Waals surface area contributed by atoms with E-state index in [1.165, 1.54) is 0 Å². The summed E-state index contributed by atoms with van der Waals surface area (Å²) in [5.41, 5.74) is 5.44. The van der Waals surface area contributed by atoms with Crippen molar-refractivity contribution in [2.45, 2.75) is 26.8 Å². The van der Waals surface area contributed by atoms with E-state index in [1.807, 2.05) is 0 Å². The molecule has 1 rings (SSSR count). The van der Waals surface area contributed by atoms with E-state index in [2.05, 4.69) is 39.9 Å². The Bertz CT molecular complexity index is 300. The molecule has 0 atom stereocenters. The summed E-state index contributed by atoms with van der Waals surface area (Å²) in [6, 6.07) is 0. The lowest BCUT2D eigenvalue weighted by molar-refractivity contribution is 0.113. The number of halogens is 1. The predicted molar refractivity (Wildman–Crippen MR) is 62.4 cm³/mol. The molecule has 0 unspecified atom stereocenters. The molecule has 0 radical (unpaired) electrons. The van der Waals surface area contributed by atoms with Crippen LogP contribution in [-0.4, -0.2) is 28.0 Å². The maximum absolute atomic E-state index is 5.46. The smallest absolute Gasteiger partial charge is 0.240 e. The molecule has 0 amide bonds. The molecule has 2 N–H and O–H groups in total. The van der Waals surface area contributed by atoms with Crippen molar-refractivity contribution in [1.29, 1.82) is 0 Å². The van der Waals surface area contributed by atoms with Crippen LogP contribution in [0.5, 0.6) is 0 Å². The number of anilines is 1. The summed E-state index contributed by atoms with van der Waals surface area (Å²) in [7, 11) is 0. The van der Waals surface area contributed by atoms with Crippen LogP contribution < -0.4 is 5.73 Å². The molecule has 0 aromatic carbocycles. The molecule has 0 saturated heterocycles. The lowest BCUT2D eigenvalue weighted by atomic mass is 10.1. The van der Waals surface area contributed by atoms with Gasteiger partial charge in [0, 0.05) is 6.61 Å². The van der Waals surface area contributed by atoms with Gasteiger partial charge in [0.1, 0.15) is 0 Å². The fourth-order valence-corrected chi connectivity index (χ4v) is 1.49. The van der Waals surface area contributed by atoms with Crippen LogP contribution in [-0.2, 0) is 11.3 Å². The molecule has 1 aromatic heterocycles. The highest BCUT2D eigenvalue weighted by Gasteiger charge is 2.03. The van der Waals surface area contributed by atoms with Gasteiger partial charge in [0.05, 0.1) is 13.2 Å². The average Bonchev–Trinajstić information content (AvgIpc) is 2.44. The summed E-state index contributed by atoms with van der Waals surface area (Å²) in [5.74, 6) is 0.961. The normalized spacial score (nSPS) is 11.2. The standard InChI is InChI=1S/C9H17BrN4O/c1-7(2)3-5-15-6-4-14-8(10)12-9(11)13-14/h7H,3-6H2,1-2H3,(H2,11,13). The third kappa shape index (κ3) is 4.61. The van der Waals surface area contributed by atoms with Crippen molar-refractivity contribution in [3.8, 4) is 0 Å². The van der Waals surface area contributed by atoms with Crippen molar-refractivity contribution in [2.24, 2.45) is 5.92 Å². The summed E-state index contributed by atoms with van der Waals surface area (Å²) in [4.78, 5) is 3.93. The number of rotatable bonds is 6. The van der Waals surface area contributed by atoms with Gasteiger partial charge in [0.25, 0.3) is 0 Å². The second kappa shape index (κ2) is 6.07. The van der Waals surface area contributed by atoms with E-state index in [-0.39, 0.29) is 5.95 Å². The number of nitrogens with two attached hydrogens (primary N) is 1. The van der Waals surface area contributed by atoms with Crippen LogP contribution in [0.25, 0.3) is 0 Å². The van der Waals surface area contributed by atoms with Gasteiger partial charge in [0.15, 0.2) is 4.73 Å². The zero-order chi connectivity index (χ0) is 11.3. The summed E-state index contributed by atoms with van der Waals surface area (Å²) in [6.07, 6.45) is 1.08. The Morgan fingerprint density at radius 2 is 2.20 bits per heavy atom. The SMILES string of the molecule is CC(C)CCOCCn1nc(N)nc1Br. The van der Waals surface area contributed by atoms with E-state index >= 15 is 0 Å². The zero-order valence-corrected chi connectivity index (χ0v) is 10.7. The second-order valence-corrected chi connectivity index (χ2v) is 4.47. The summed E-state index contributed by atoms with van der Waals surface area (Å²) in [6.45, 7) is 6.45. The first-order valence-electron chi connectivity index (χ1n) is 5.03. The molecule has 6 heteroatoms. The van der Waals surface area contributed by atoms with E-state index in [4.69, 9.17) is 10.5 Å². The first-order chi connectivity index (χ1) is 7.09. The summed E-state index contributed by atoms with van der Waals surface area (Å²) >= 11 is 3.26. The third-order valence-corrected chi connectivity index (χ3v) is 2.52. The van der Waals surface area contributed by atoms with Gasteiger partial charge in [-0.1, -0.05) is 13.8 Å². The Labute approximate surface area is 98.1 Å². The number of hydrogen-bond donors (Lipinski definition) is 1. The molecule has 0 spiro atoms. The second-order valence-electron chi connectivity index (χ2n) is 3.76. The van der Waals surface area contributed by atoms with Gasteiger partial charge in [-0.2, -0.15) is 4.98 Å². The van der Waals surface area contributed by atoms with Crippen molar-refractivity contribution in [1.82, 2.24) is 14.8 Å². The van der Waals surface area contributed by atoms with Gasteiger partial charge in [-0.3, -0.25) is 0 Å². The number of nitrogen functional groups attached to an aromatic ring is 1. The van der Waals surface area contributed by atoms with Crippen molar-refractivity contribution >= 4 is 21.9 Å². The molecule has 0 saturated carbocycles. The van der Waals surface area contributed by atoms with Crippen LogP contribution in [0.15, 0.2) is 4.73 Å². The van der Waals surface area contributed by atoms with Crippen molar-refractivity contribution in [3.05, 3.63) is 4.73 Å². The van der Waals surface area contributed by atoms with Crippen molar-refractivity contribution < 1.29 is 4.74 Å². The van der Waals surface area contributed by atoms with Gasteiger partial charge in [-0.05, 0) is 28.3 Å². The molecule has 5 nitrogen and oxygen atoms in total. The van der Waals surface area contributed by atoms with Crippen molar-refractivity contribution in [3.63, 3.8) is 0 Å². The van der Waals surface area contributed by atoms with Crippen LogP contribution in [0.4, 0.5) is 5.95 Å². The molecule has 1 heterocycles. The molecule has 0 aliphatic heterocycles. The van der Waals surface area contributed by atoms with Gasteiger partial charge < -0.3 is 10.5 Å². The Hall–Kier alpha value is -0.620. The van der Waals surface area contributed by atoms with Crippen LogP contribution >= 0.6 is 15.9 Å². The largest absolute Gasteiger partial charge is 0.380 e. The van der Waals surface area contributed by atoms with E-state index < -0.39 is 0 Å². The fraction of sp³-hybridized carbons (Fsp3) is 0.778. The van der Waals surface area contributed by atoms with Gasteiger partial charge in [-0.25, -0.2) is 4.68 Å². The number of aromatic nitrogens is 3. The molecule has 86 valence electrons. The fourth-order valence-electron chi connectivity index (χ4n) is 1.05. The molecule has 1 aromatic rings. The first-order valence-corrected chi connectivity index (χ1v) is 5.82. The van der Waals surface area contributed by atoms with E-state index in [0.717, 1.165) is 13.0 Å². The lowest BCUT2D eigenvalue weighted by Crippen LogP contribution is -2.09. The quantitative estimate of drug-likeness (QED) is 0.803. The third-order valence-electron chi connectivity index (χ3n) is 1.93. The minimum Gasteiger partial charge on any atom is -0.380 e. The van der Waals surface area contributed by atoms with Crippen LogP contribution in [0.3, 0.4) is 0 Å². The minimum atomic E-state index is 0.282. The maximum atomic E-state index is 5.46. The predicted octanol–water partition coefficient (Wildman–Crippen LogP) is 1.69. The van der Waals surface area contributed by atoms with Gasteiger partial charge in [-0.15, -0.1) is 5.10 Å². The molecule has 0 aliphatic rings. The van der Waals surface area contributed by atoms with Crippen molar-refractivity contribution in [2.75, 3.05) is 18.9 Å². The number of nitrogens with zero attached hydrogens (tertiary/aromatic N) is 3. The monoisotopic (exact) mass is 276 g/mol. The number of ether oxygens (including phenoxy) is 1. The average molecular weight is 277 g/mol. The zero-order valence-electron chi connectivity index (χ0n) is 9.11. The van der Waals surface area contributed by atoms with Gasteiger partial charge in [0.2, 0.25) is 5.95 Å². The highest BCUT2D eigenvalue weighted by molar-refractivity contribution is 9.10. The van der Waals surface area contributed by atoms with Crippen LogP contribution in [0, 0.1) is 5.92 Å². The highest BCUT2D eigenvalue weighted by atomic mass is 79.9. The topological polar surface area (TPSA) is 66.0 Å². The first kappa shape index (κ1) is 12.4. The van der Waals surface area contributed by atoms with Crippen LogP contribution in [0.2, 0.25) is 0 Å². The number of hydrogen-bond acceptors (Lipinski definition) is 4.